The van der Waals surface area contributed by atoms with Crippen LogP contribution in [0, 0.1) is 0 Å². The van der Waals surface area contributed by atoms with Crippen molar-refractivity contribution in [2.75, 3.05) is 13.1 Å². The van der Waals surface area contributed by atoms with Gasteiger partial charge in [0.25, 0.3) is 0 Å². The molecule has 36 heavy (non-hydrogen) atoms. The van der Waals surface area contributed by atoms with Crippen molar-refractivity contribution in [1.29, 1.82) is 0 Å². The zero-order valence-electron chi connectivity index (χ0n) is 20.7. The molecule has 5 rings (SSSR count). The summed E-state index contributed by atoms with van der Waals surface area (Å²) in [4.78, 5) is 35.0. The largest absolute Gasteiger partial charge is 0.361 e. The number of likely N-dealkylation sites (tertiary alicyclic amines) is 1. The third-order valence-corrected chi connectivity index (χ3v) is 7.16. The highest BCUT2D eigenvalue weighted by molar-refractivity contribution is 5.92. The fourth-order valence-electron chi connectivity index (χ4n) is 5.13. The standard InChI is InChI=1S/C28H33N5O2.ClH/c1-28(2,29)27(35)32-25(15-19-16-30-23-9-5-3-7-20(19)23)26(34)33-13-11-18(12-14-33)22-17-31-24-10-6-4-8-21(22)24;/h3-10,16-18,25,30-31H,11-15,29H2,1-2H3,(H,32,35);1H/t25-;/m1./s1. The van der Waals surface area contributed by atoms with Crippen LogP contribution in [0.25, 0.3) is 21.8 Å². The molecule has 0 radical (unpaired) electrons. The second-order valence-corrected chi connectivity index (χ2v) is 10.2. The molecule has 0 saturated carbocycles. The second-order valence-electron chi connectivity index (χ2n) is 10.2. The molecule has 190 valence electrons. The molecule has 7 nitrogen and oxygen atoms in total. The number of amides is 2. The molecule has 4 aromatic rings. The number of nitrogens with one attached hydrogen (secondary N) is 3. The van der Waals surface area contributed by atoms with Crippen LogP contribution in [0.2, 0.25) is 0 Å². The molecule has 3 heterocycles. The average Bonchev–Trinajstić information content (AvgIpc) is 3.47. The number of fused-ring (bicyclic) bond motifs is 2. The van der Waals surface area contributed by atoms with Gasteiger partial charge in [0.15, 0.2) is 0 Å². The maximum atomic E-state index is 13.7. The van der Waals surface area contributed by atoms with Gasteiger partial charge in [-0.3, -0.25) is 9.59 Å². The van der Waals surface area contributed by atoms with E-state index in [1.54, 1.807) is 13.8 Å². The van der Waals surface area contributed by atoms with E-state index < -0.39 is 11.6 Å². The Kier molecular flexibility index (Phi) is 7.43. The molecule has 8 heteroatoms. The van der Waals surface area contributed by atoms with E-state index in [1.165, 1.54) is 10.9 Å². The van der Waals surface area contributed by atoms with Crippen LogP contribution in [0.15, 0.2) is 60.9 Å². The van der Waals surface area contributed by atoms with E-state index in [0.717, 1.165) is 34.8 Å². The quantitative estimate of drug-likeness (QED) is 0.313. The van der Waals surface area contributed by atoms with E-state index in [-0.39, 0.29) is 24.2 Å². The van der Waals surface area contributed by atoms with Gasteiger partial charge in [0.05, 0.1) is 5.54 Å². The zero-order chi connectivity index (χ0) is 24.6. The van der Waals surface area contributed by atoms with Crippen molar-refractivity contribution in [3.8, 4) is 0 Å². The Bertz CT molecular complexity index is 1360. The summed E-state index contributed by atoms with van der Waals surface area (Å²) in [5.74, 6) is 0.0226. The molecular formula is C28H34ClN5O2. The summed E-state index contributed by atoms with van der Waals surface area (Å²) in [5, 5.41) is 5.26. The van der Waals surface area contributed by atoms with Gasteiger partial charge in [-0.15, -0.1) is 12.4 Å². The van der Waals surface area contributed by atoms with Crippen LogP contribution < -0.4 is 11.1 Å². The van der Waals surface area contributed by atoms with E-state index in [4.69, 9.17) is 5.73 Å². The van der Waals surface area contributed by atoms with E-state index >= 15 is 0 Å². The molecular weight excluding hydrogens is 474 g/mol. The predicted molar refractivity (Wildman–Crippen MR) is 146 cm³/mol. The van der Waals surface area contributed by atoms with Gasteiger partial charge in [-0.1, -0.05) is 36.4 Å². The van der Waals surface area contributed by atoms with Gasteiger partial charge in [0, 0.05) is 53.7 Å². The maximum Gasteiger partial charge on any atom is 0.245 e. The summed E-state index contributed by atoms with van der Waals surface area (Å²) < 4.78 is 0. The van der Waals surface area contributed by atoms with Crippen molar-refractivity contribution >= 4 is 46.0 Å². The van der Waals surface area contributed by atoms with Gasteiger partial charge in [-0.2, -0.15) is 0 Å². The monoisotopic (exact) mass is 507 g/mol. The van der Waals surface area contributed by atoms with Crippen LogP contribution in [0.1, 0.15) is 43.7 Å². The number of nitrogens with zero attached hydrogens (tertiary/aromatic N) is 1. The highest BCUT2D eigenvalue weighted by Crippen LogP contribution is 2.33. The summed E-state index contributed by atoms with van der Waals surface area (Å²) in [5.41, 5.74) is 9.45. The van der Waals surface area contributed by atoms with Gasteiger partial charge >= 0.3 is 0 Å². The first kappa shape index (κ1) is 25.8. The molecule has 1 aliphatic heterocycles. The summed E-state index contributed by atoms with van der Waals surface area (Å²) in [7, 11) is 0. The summed E-state index contributed by atoms with van der Waals surface area (Å²) in [6, 6.07) is 15.7. The summed E-state index contributed by atoms with van der Waals surface area (Å²) in [6.45, 7) is 4.63. The number of rotatable bonds is 6. The van der Waals surface area contributed by atoms with Gasteiger partial charge in [-0.05, 0) is 55.9 Å². The van der Waals surface area contributed by atoms with E-state index in [1.807, 2.05) is 41.4 Å². The number of H-pyrrole nitrogens is 2. The molecule has 1 aliphatic rings. The van der Waals surface area contributed by atoms with Crippen molar-refractivity contribution in [1.82, 2.24) is 20.2 Å². The first-order chi connectivity index (χ1) is 16.8. The van der Waals surface area contributed by atoms with Gasteiger partial charge in [0.2, 0.25) is 11.8 Å². The fourth-order valence-corrected chi connectivity index (χ4v) is 5.13. The molecule has 0 aliphatic carbocycles. The number of nitrogens with two attached hydrogens (primary N) is 1. The van der Waals surface area contributed by atoms with Crippen LogP contribution in [0.3, 0.4) is 0 Å². The number of hydrogen-bond acceptors (Lipinski definition) is 3. The van der Waals surface area contributed by atoms with Crippen LogP contribution in [-0.4, -0.2) is 51.4 Å². The lowest BCUT2D eigenvalue weighted by molar-refractivity contribution is -0.138. The molecule has 2 aromatic heterocycles. The van der Waals surface area contributed by atoms with Gasteiger partial charge in [0.1, 0.15) is 6.04 Å². The Balaban J connectivity index is 0.00000304. The number of aromatic nitrogens is 2. The molecule has 1 saturated heterocycles. The Morgan fingerprint density at radius 3 is 2.25 bits per heavy atom. The van der Waals surface area contributed by atoms with Gasteiger partial charge < -0.3 is 25.9 Å². The Morgan fingerprint density at radius 1 is 1.00 bits per heavy atom. The van der Waals surface area contributed by atoms with E-state index in [0.29, 0.717) is 25.4 Å². The maximum absolute atomic E-state index is 13.7. The van der Waals surface area contributed by atoms with Crippen LogP contribution in [0.4, 0.5) is 0 Å². The number of para-hydroxylation sites is 2. The Morgan fingerprint density at radius 2 is 1.58 bits per heavy atom. The Hall–Kier alpha value is -3.29. The molecule has 2 amide bonds. The smallest absolute Gasteiger partial charge is 0.245 e. The van der Waals surface area contributed by atoms with Crippen LogP contribution >= 0.6 is 12.4 Å². The topological polar surface area (TPSA) is 107 Å². The highest BCUT2D eigenvalue weighted by atomic mass is 35.5. The normalized spacial score (nSPS) is 15.6. The lowest BCUT2D eigenvalue weighted by Crippen LogP contribution is -2.57. The molecule has 1 atom stereocenters. The molecule has 1 fully saturated rings. The molecule has 0 spiro atoms. The first-order valence-corrected chi connectivity index (χ1v) is 12.3. The summed E-state index contributed by atoms with van der Waals surface area (Å²) in [6.07, 6.45) is 6.23. The molecule has 5 N–H and O–H groups in total. The number of piperidine rings is 1. The van der Waals surface area contributed by atoms with E-state index in [9.17, 15) is 9.59 Å². The predicted octanol–water partition coefficient (Wildman–Crippen LogP) is 4.24. The SMILES string of the molecule is CC(C)(N)C(=O)N[C@H](Cc1c[nH]c2ccccc12)C(=O)N1CCC(c2c[nH]c3ccccc23)CC1.Cl. The zero-order valence-corrected chi connectivity index (χ0v) is 21.5. The van der Waals surface area contributed by atoms with Crippen molar-refractivity contribution < 1.29 is 9.59 Å². The average molecular weight is 508 g/mol. The molecule has 2 aromatic carbocycles. The van der Waals surface area contributed by atoms with Crippen LogP contribution in [0.5, 0.6) is 0 Å². The minimum atomic E-state index is -1.07. The number of carbonyl (C=O) groups is 2. The molecule has 0 unspecified atom stereocenters. The third-order valence-electron chi connectivity index (χ3n) is 7.16. The number of hydrogen-bond donors (Lipinski definition) is 4. The number of aromatic amines is 2. The van der Waals surface area contributed by atoms with Crippen molar-refractivity contribution in [2.24, 2.45) is 5.73 Å². The molecule has 0 bridgehead atoms. The van der Waals surface area contributed by atoms with Crippen molar-refractivity contribution in [2.45, 2.75) is 50.6 Å². The van der Waals surface area contributed by atoms with Gasteiger partial charge in [-0.25, -0.2) is 0 Å². The minimum absolute atomic E-state index is 0. The van der Waals surface area contributed by atoms with Crippen molar-refractivity contribution in [3.63, 3.8) is 0 Å². The lowest BCUT2D eigenvalue weighted by Gasteiger charge is -2.35. The highest BCUT2D eigenvalue weighted by Gasteiger charge is 2.33. The number of halogens is 1. The van der Waals surface area contributed by atoms with Crippen molar-refractivity contribution in [3.05, 3.63) is 72.1 Å². The third kappa shape index (κ3) is 5.13. The number of benzene rings is 2. The van der Waals surface area contributed by atoms with E-state index in [2.05, 4.69) is 39.7 Å². The minimum Gasteiger partial charge on any atom is -0.361 e. The fraction of sp³-hybridized carbons (Fsp3) is 0.357. The lowest BCUT2D eigenvalue weighted by atomic mass is 9.88. The number of carbonyl (C=O) groups excluding carboxylic acids is 2. The second kappa shape index (κ2) is 10.4. The summed E-state index contributed by atoms with van der Waals surface area (Å²) >= 11 is 0. The van der Waals surface area contributed by atoms with Crippen LogP contribution in [-0.2, 0) is 16.0 Å². The Labute approximate surface area is 217 Å². The first-order valence-electron chi connectivity index (χ1n) is 12.3.